The van der Waals surface area contributed by atoms with E-state index in [1.54, 1.807) is 12.3 Å². The van der Waals surface area contributed by atoms with Crippen LogP contribution in [0.1, 0.15) is 12.1 Å². The number of aldehydes is 1. The van der Waals surface area contributed by atoms with Gasteiger partial charge in [0.2, 0.25) is 0 Å². The van der Waals surface area contributed by atoms with Crippen molar-refractivity contribution in [2.24, 2.45) is 0 Å². The second-order valence-corrected chi connectivity index (χ2v) is 4.28. The molecule has 0 bridgehead atoms. The average molecular weight is 199 g/mol. The molecule has 0 aromatic carbocycles. The lowest BCUT2D eigenvalue weighted by Gasteiger charge is -2.18. The van der Waals surface area contributed by atoms with E-state index in [9.17, 15) is 4.79 Å². The Labute approximate surface area is 82.2 Å². The molecular formula is C8H9NOS2. The van der Waals surface area contributed by atoms with E-state index in [2.05, 4.69) is 30.2 Å². The fraction of sp³-hybridized carbons (Fsp3) is 0.250. The van der Waals surface area contributed by atoms with Crippen LogP contribution in [0.3, 0.4) is 0 Å². The molecule has 12 heavy (non-hydrogen) atoms. The van der Waals surface area contributed by atoms with Crippen molar-refractivity contribution >= 4 is 31.5 Å². The Bertz CT molecular complexity index is 261. The Morgan fingerprint density at radius 2 is 2.25 bits per heavy atom. The first-order chi connectivity index (χ1) is 5.67. The third-order valence-corrected chi connectivity index (χ3v) is 2.27. The number of aromatic nitrogens is 1. The summed E-state index contributed by atoms with van der Waals surface area (Å²) in [6.45, 7) is 0. The number of pyridine rings is 1. The molecule has 0 aliphatic heterocycles. The van der Waals surface area contributed by atoms with Crippen LogP contribution >= 0.6 is 25.3 Å². The standard InChI is InChI=1S/C8H9NOS2/c10-6-4-8(11,12)7-3-1-2-5-9-7/h1-3,5-6,11-12H,4H2. The summed E-state index contributed by atoms with van der Waals surface area (Å²) in [5.41, 5.74) is 0.698. The van der Waals surface area contributed by atoms with Crippen molar-refractivity contribution in [2.45, 2.75) is 10.5 Å². The molecule has 64 valence electrons. The molecule has 1 aromatic heterocycles. The third-order valence-electron chi connectivity index (χ3n) is 1.44. The van der Waals surface area contributed by atoms with Gasteiger partial charge in [-0.05, 0) is 12.1 Å². The third kappa shape index (κ3) is 2.25. The molecular weight excluding hydrogens is 190 g/mol. The van der Waals surface area contributed by atoms with E-state index in [-0.39, 0.29) is 6.42 Å². The Hall–Kier alpha value is -0.480. The summed E-state index contributed by atoms with van der Waals surface area (Å²) in [4.78, 5) is 14.3. The van der Waals surface area contributed by atoms with Gasteiger partial charge in [0.05, 0.1) is 5.69 Å². The van der Waals surface area contributed by atoms with Gasteiger partial charge >= 0.3 is 0 Å². The largest absolute Gasteiger partial charge is 0.303 e. The van der Waals surface area contributed by atoms with E-state index in [1.165, 1.54) is 0 Å². The summed E-state index contributed by atoms with van der Waals surface area (Å²) in [5, 5.41) is 0. The lowest BCUT2D eigenvalue weighted by atomic mass is 10.2. The minimum Gasteiger partial charge on any atom is -0.303 e. The average Bonchev–Trinajstić information content (AvgIpc) is 2.06. The highest BCUT2D eigenvalue weighted by Gasteiger charge is 2.23. The first-order valence-electron chi connectivity index (χ1n) is 3.47. The minimum atomic E-state index is -0.747. The molecule has 4 heteroatoms. The van der Waals surface area contributed by atoms with E-state index >= 15 is 0 Å². The van der Waals surface area contributed by atoms with E-state index in [1.807, 2.05) is 12.1 Å². The Morgan fingerprint density at radius 1 is 1.50 bits per heavy atom. The maximum absolute atomic E-state index is 10.3. The first kappa shape index (κ1) is 9.61. The number of rotatable bonds is 3. The second kappa shape index (κ2) is 3.96. The van der Waals surface area contributed by atoms with Crippen LogP contribution in [0.2, 0.25) is 0 Å². The number of nitrogens with zero attached hydrogens (tertiary/aromatic N) is 1. The zero-order valence-corrected chi connectivity index (χ0v) is 8.13. The monoisotopic (exact) mass is 199 g/mol. The van der Waals surface area contributed by atoms with E-state index in [4.69, 9.17) is 0 Å². The maximum Gasteiger partial charge on any atom is 0.122 e. The predicted octanol–water partition coefficient (Wildman–Crippen LogP) is 1.68. The summed E-state index contributed by atoms with van der Waals surface area (Å²) in [7, 11) is 0. The van der Waals surface area contributed by atoms with Gasteiger partial charge < -0.3 is 4.79 Å². The van der Waals surface area contributed by atoms with Gasteiger partial charge in [-0.2, -0.15) is 25.3 Å². The van der Waals surface area contributed by atoms with Crippen LogP contribution in [0.4, 0.5) is 0 Å². The van der Waals surface area contributed by atoms with Gasteiger partial charge in [-0.25, -0.2) is 0 Å². The fourth-order valence-electron chi connectivity index (χ4n) is 0.820. The zero-order chi connectivity index (χ0) is 9.03. The second-order valence-electron chi connectivity index (χ2n) is 2.40. The highest BCUT2D eigenvalue weighted by Crippen LogP contribution is 2.33. The molecule has 0 fully saturated rings. The number of thiol groups is 2. The topological polar surface area (TPSA) is 30.0 Å². The van der Waals surface area contributed by atoms with E-state index < -0.39 is 4.08 Å². The van der Waals surface area contributed by atoms with Crippen LogP contribution in [-0.4, -0.2) is 11.3 Å². The van der Waals surface area contributed by atoms with Crippen LogP contribution in [0.5, 0.6) is 0 Å². The van der Waals surface area contributed by atoms with Crippen molar-refractivity contribution in [1.29, 1.82) is 0 Å². The van der Waals surface area contributed by atoms with Gasteiger partial charge in [-0.15, -0.1) is 0 Å². The van der Waals surface area contributed by atoms with E-state index in [0.717, 1.165) is 6.29 Å². The number of carbonyl (C=O) groups excluding carboxylic acids is 1. The SMILES string of the molecule is O=CCC(S)(S)c1ccccn1. The normalized spacial score (nSPS) is 11.2. The molecule has 0 aliphatic carbocycles. The van der Waals surface area contributed by atoms with Gasteiger partial charge in [0.25, 0.3) is 0 Å². The first-order valence-corrected chi connectivity index (χ1v) is 4.36. The van der Waals surface area contributed by atoms with Gasteiger partial charge in [0, 0.05) is 12.6 Å². The van der Waals surface area contributed by atoms with Crippen LogP contribution in [0.15, 0.2) is 24.4 Å². The van der Waals surface area contributed by atoms with Crippen molar-refractivity contribution in [1.82, 2.24) is 4.98 Å². The molecule has 1 rings (SSSR count). The number of hydrogen-bond donors (Lipinski definition) is 2. The molecule has 2 nitrogen and oxygen atoms in total. The van der Waals surface area contributed by atoms with Crippen molar-refractivity contribution in [3.05, 3.63) is 30.1 Å². The summed E-state index contributed by atoms with van der Waals surface area (Å²) in [6.07, 6.45) is 2.69. The highest BCUT2D eigenvalue weighted by atomic mass is 32.2. The molecule has 0 unspecified atom stereocenters. The molecule has 0 saturated heterocycles. The lowest BCUT2D eigenvalue weighted by Crippen LogP contribution is -2.12. The molecule has 0 spiro atoms. The van der Waals surface area contributed by atoms with Gasteiger partial charge in [0.15, 0.2) is 0 Å². The van der Waals surface area contributed by atoms with Crippen molar-refractivity contribution in [3.63, 3.8) is 0 Å². The Balaban J connectivity index is 2.89. The quantitative estimate of drug-likeness (QED) is 0.441. The molecule has 0 radical (unpaired) electrons. The molecule has 0 amide bonds. The van der Waals surface area contributed by atoms with E-state index in [0.29, 0.717) is 5.69 Å². The smallest absolute Gasteiger partial charge is 0.122 e. The Morgan fingerprint density at radius 3 is 2.75 bits per heavy atom. The van der Waals surface area contributed by atoms with Crippen LogP contribution in [0.25, 0.3) is 0 Å². The van der Waals surface area contributed by atoms with Gasteiger partial charge in [-0.1, -0.05) is 6.07 Å². The fourth-order valence-corrected chi connectivity index (χ4v) is 1.23. The molecule has 1 heterocycles. The van der Waals surface area contributed by atoms with Crippen LogP contribution in [-0.2, 0) is 8.87 Å². The maximum atomic E-state index is 10.3. The summed E-state index contributed by atoms with van der Waals surface area (Å²) in [6, 6.07) is 5.44. The molecule has 0 saturated carbocycles. The lowest BCUT2D eigenvalue weighted by molar-refractivity contribution is -0.108. The Kier molecular flexibility index (Phi) is 3.17. The van der Waals surface area contributed by atoms with Crippen LogP contribution in [0, 0.1) is 0 Å². The van der Waals surface area contributed by atoms with Crippen LogP contribution < -0.4 is 0 Å². The molecule has 1 aromatic rings. The van der Waals surface area contributed by atoms with Crippen molar-refractivity contribution in [2.75, 3.05) is 0 Å². The number of carbonyl (C=O) groups is 1. The number of hydrogen-bond acceptors (Lipinski definition) is 4. The molecule has 0 aliphatic rings. The summed E-state index contributed by atoms with van der Waals surface area (Å²) < 4.78 is -0.747. The highest BCUT2D eigenvalue weighted by molar-refractivity contribution is 7.99. The summed E-state index contributed by atoms with van der Waals surface area (Å²) >= 11 is 8.45. The van der Waals surface area contributed by atoms with Gasteiger partial charge in [-0.3, -0.25) is 4.98 Å². The molecule has 0 N–H and O–H groups in total. The predicted molar refractivity (Wildman–Crippen MR) is 54.6 cm³/mol. The summed E-state index contributed by atoms with van der Waals surface area (Å²) in [5.74, 6) is 0. The van der Waals surface area contributed by atoms with Crippen molar-refractivity contribution in [3.8, 4) is 0 Å². The van der Waals surface area contributed by atoms with Crippen molar-refractivity contribution < 1.29 is 4.79 Å². The zero-order valence-electron chi connectivity index (χ0n) is 6.34. The van der Waals surface area contributed by atoms with Gasteiger partial charge in [0.1, 0.15) is 10.4 Å². The molecule has 0 atom stereocenters. The minimum absolute atomic E-state index is 0.246.